The fraction of sp³-hybridized carbons (Fsp3) is 0.308. The molecule has 2 saturated heterocycles. The number of carbonyl (C=O) groups excluding carboxylic acids is 2. The van der Waals surface area contributed by atoms with Gasteiger partial charge in [-0.1, -0.05) is 0 Å². The fourth-order valence-electron chi connectivity index (χ4n) is 5.16. The monoisotopic (exact) mass is 489 g/mol. The van der Waals surface area contributed by atoms with Crippen molar-refractivity contribution in [1.29, 1.82) is 0 Å². The van der Waals surface area contributed by atoms with Crippen molar-refractivity contribution in [3.05, 3.63) is 76.8 Å². The van der Waals surface area contributed by atoms with Crippen molar-refractivity contribution in [2.75, 3.05) is 26.2 Å². The maximum atomic E-state index is 13.3. The van der Waals surface area contributed by atoms with Gasteiger partial charge in [-0.25, -0.2) is 9.37 Å². The lowest BCUT2D eigenvalue weighted by atomic mass is 9.79. The van der Waals surface area contributed by atoms with Crippen molar-refractivity contribution in [2.24, 2.45) is 11.8 Å². The number of rotatable bonds is 4. The van der Waals surface area contributed by atoms with Gasteiger partial charge in [0.05, 0.1) is 22.7 Å². The van der Waals surface area contributed by atoms with Crippen molar-refractivity contribution in [3.63, 3.8) is 0 Å². The molecule has 9 heteroatoms. The van der Waals surface area contributed by atoms with Crippen LogP contribution in [0.25, 0.3) is 16.7 Å². The minimum atomic E-state index is -0.283. The summed E-state index contributed by atoms with van der Waals surface area (Å²) in [5.74, 6) is 0.847. The van der Waals surface area contributed by atoms with Crippen LogP contribution in [0.5, 0.6) is 0 Å². The number of hydrogen-bond donors (Lipinski definition) is 0. The van der Waals surface area contributed by atoms with E-state index in [9.17, 15) is 14.0 Å². The zero-order valence-corrected chi connectivity index (χ0v) is 19.8. The lowest BCUT2D eigenvalue weighted by Gasteiger charge is -2.46. The van der Waals surface area contributed by atoms with E-state index in [4.69, 9.17) is 0 Å². The Kier molecular flexibility index (Phi) is 5.56. The molecular weight excluding hydrogens is 465 g/mol. The van der Waals surface area contributed by atoms with Crippen molar-refractivity contribution in [1.82, 2.24) is 24.3 Å². The molecule has 0 unspecified atom stereocenters. The number of likely N-dealkylation sites (tertiary alicyclic amines) is 2. The largest absolute Gasteiger partial charge is 0.338 e. The Balaban J connectivity index is 1.06. The van der Waals surface area contributed by atoms with Crippen molar-refractivity contribution < 1.29 is 14.0 Å². The van der Waals surface area contributed by atoms with E-state index in [1.165, 1.54) is 23.5 Å². The van der Waals surface area contributed by atoms with E-state index >= 15 is 0 Å². The van der Waals surface area contributed by atoms with Crippen LogP contribution in [-0.4, -0.2) is 62.3 Å². The molecule has 2 aliphatic heterocycles. The molecule has 35 heavy (non-hydrogen) atoms. The quantitative estimate of drug-likeness (QED) is 0.430. The topological polar surface area (TPSA) is 71.3 Å². The number of imidazole rings is 1. The minimum Gasteiger partial charge on any atom is -0.338 e. The Morgan fingerprint density at radius 3 is 2.43 bits per heavy atom. The normalized spacial score (nSPS) is 17.1. The molecule has 2 fully saturated rings. The summed E-state index contributed by atoms with van der Waals surface area (Å²) in [4.78, 5) is 38.6. The second kappa shape index (κ2) is 8.88. The molecule has 0 bridgehead atoms. The van der Waals surface area contributed by atoms with E-state index in [0.29, 0.717) is 22.3 Å². The Morgan fingerprint density at radius 1 is 0.943 bits per heavy atom. The highest BCUT2D eigenvalue weighted by Gasteiger charge is 2.38. The molecule has 2 aromatic heterocycles. The molecule has 178 valence electrons. The highest BCUT2D eigenvalue weighted by Crippen LogP contribution is 2.33. The van der Waals surface area contributed by atoms with Crippen LogP contribution in [0.1, 0.15) is 32.9 Å². The first-order valence-corrected chi connectivity index (χ1v) is 12.6. The Morgan fingerprint density at radius 2 is 1.71 bits per heavy atom. The van der Waals surface area contributed by atoms with Crippen LogP contribution in [-0.2, 0) is 0 Å². The first-order chi connectivity index (χ1) is 17.1. The number of nitrogens with zero attached hydrogens (tertiary/aromatic N) is 5. The van der Waals surface area contributed by atoms with Crippen LogP contribution in [0.2, 0.25) is 0 Å². The van der Waals surface area contributed by atoms with E-state index < -0.39 is 0 Å². The summed E-state index contributed by atoms with van der Waals surface area (Å²) in [5.41, 5.74) is 4.74. The molecule has 0 N–H and O–H groups in total. The number of hydrogen-bond acceptors (Lipinski definition) is 5. The highest BCUT2D eigenvalue weighted by atomic mass is 32.1. The van der Waals surface area contributed by atoms with Gasteiger partial charge in [0.25, 0.3) is 11.8 Å². The maximum Gasteiger partial charge on any atom is 0.265 e. The second-order valence-electron chi connectivity index (χ2n) is 9.26. The van der Waals surface area contributed by atoms with Gasteiger partial charge in [-0.3, -0.25) is 19.1 Å². The van der Waals surface area contributed by atoms with Gasteiger partial charge in [-0.15, -0.1) is 11.3 Å². The van der Waals surface area contributed by atoms with Gasteiger partial charge in [-0.05, 0) is 67.1 Å². The van der Waals surface area contributed by atoms with Gasteiger partial charge in [0.1, 0.15) is 17.0 Å². The van der Waals surface area contributed by atoms with E-state index in [-0.39, 0.29) is 17.6 Å². The third-order valence-electron chi connectivity index (χ3n) is 7.23. The second-order valence-corrected chi connectivity index (χ2v) is 10.1. The van der Waals surface area contributed by atoms with E-state index in [1.807, 2.05) is 32.6 Å². The fourth-order valence-corrected chi connectivity index (χ4v) is 5.75. The van der Waals surface area contributed by atoms with Gasteiger partial charge < -0.3 is 9.80 Å². The predicted molar refractivity (Wildman–Crippen MR) is 131 cm³/mol. The van der Waals surface area contributed by atoms with Crippen LogP contribution in [0.3, 0.4) is 0 Å². The maximum absolute atomic E-state index is 13.3. The average Bonchev–Trinajstić information content (AvgIpc) is 3.54. The molecule has 0 radical (unpaired) electrons. The van der Waals surface area contributed by atoms with Gasteiger partial charge >= 0.3 is 0 Å². The van der Waals surface area contributed by atoms with Gasteiger partial charge in [0.2, 0.25) is 0 Å². The molecule has 4 heterocycles. The lowest BCUT2D eigenvalue weighted by Crippen LogP contribution is -2.54. The first-order valence-electron chi connectivity index (χ1n) is 11.8. The van der Waals surface area contributed by atoms with E-state index in [1.54, 1.807) is 30.2 Å². The molecule has 6 rings (SSSR count). The highest BCUT2D eigenvalue weighted by molar-refractivity contribution is 7.11. The van der Waals surface area contributed by atoms with E-state index in [0.717, 1.165) is 55.7 Å². The first kappa shape index (κ1) is 21.9. The zero-order chi connectivity index (χ0) is 23.9. The molecule has 7 nitrogen and oxygen atoms in total. The third kappa shape index (κ3) is 4.10. The summed E-state index contributed by atoms with van der Waals surface area (Å²) in [5, 5.41) is 0. The van der Waals surface area contributed by atoms with Crippen LogP contribution in [0.15, 0.2) is 60.5 Å². The summed E-state index contributed by atoms with van der Waals surface area (Å²) in [7, 11) is 0. The predicted octanol–water partition coefficient (Wildman–Crippen LogP) is 4.25. The number of amides is 2. The van der Waals surface area contributed by atoms with Crippen LogP contribution < -0.4 is 0 Å². The minimum absolute atomic E-state index is 0.0253. The smallest absolute Gasteiger partial charge is 0.265 e. The molecule has 4 aromatic rings. The number of aromatic nitrogens is 3. The Hall–Kier alpha value is -3.59. The standard InChI is InChI=1S/C26H24FN5O2S/c27-20-2-4-21(5-3-20)32-15-29-22-11-18(1-6-23(22)32)25(33)31-13-19(14-31)17-7-9-30(10-8-17)26(34)24-12-28-16-35-24/h1-6,11-12,15-17,19H,7-10,13-14H2. The van der Waals surface area contributed by atoms with Crippen molar-refractivity contribution >= 4 is 34.2 Å². The van der Waals surface area contributed by atoms with Gasteiger partial charge in [-0.2, -0.15) is 0 Å². The average molecular weight is 490 g/mol. The number of fused-ring (bicyclic) bond motifs is 1. The van der Waals surface area contributed by atoms with Crippen LogP contribution in [0, 0.1) is 17.7 Å². The number of halogens is 1. The number of piperidine rings is 1. The lowest BCUT2D eigenvalue weighted by molar-refractivity contribution is 0.0229. The van der Waals surface area contributed by atoms with Crippen molar-refractivity contribution in [2.45, 2.75) is 12.8 Å². The molecule has 0 spiro atoms. The van der Waals surface area contributed by atoms with Crippen LogP contribution >= 0.6 is 11.3 Å². The molecule has 2 aromatic carbocycles. The Bertz CT molecular complexity index is 1370. The summed E-state index contributed by atoms with van der Waals surface area (Å²) in [6.45, 7) is 3.04. The molecule has 2 aliphatic rings. The van der Waals surface area contributed by atoms with E-state index in [2.05, 4.69) is 9.97 Å². The summed E-state index contributed by atoms with van der Waals surface area (Å²) >= 11 is 1.38. The van der Waals surface area contributed by atoms with Gasteiger partial charge in [0.15, 0.2) is 0 Å². The zero-order valence-electron chi connectivity index (χ0n) is 19.0. The third-order valence-corrected chi connectivity index (χ3v) is 7.99. The number of benzene rings is 2. The summed E-state index contributed by atoms with van der Waals surface area (Å²) in [6.07, 6.45) is 5.28. The molecule has 0 atom stereocenters. The number of carbonyl (C=O) groups is 2. The summed E-state index contributed by atoms with van der Waals surface area (Å²) < 4.78 is 15.1. The molecule has 0 saturated carbocycles. The van der Waals surface area contributed by atoms with Gasteiger partial charge in [0, 0.05) is 37.4 Å². The number of thiazole rings is 1. The molecular formula is C26H24FN5O2S. The van der Waals surface area contributed by atoms with Crippen molar-refractivity contribution in [3.8, 4) is 5.69 Å². The Labute approximate surface area is 205 Å². The van der Waals surface area contributed by atoms with Crippen LogP contribution in [0.4, 0.5) is 4.39 Å². The summed E-state index contributed by atoms with van der Waals surface area (Å²) in [6, 6.07) is 11.8. The molecule has 0 aliphatic carbocycles. The SMILES string of the molecule is O=C(c1ccc2c(c1)ncn2-c1ccc(F)cc1)N1CC(C2CCN(C(=O)c3cncs3)CC2)C1. The molecule has 2 amide bonds.